The zero-order valence-corrected chi connectivity index (χ0v) is 13.1. The zero-order valence-electron chi connectivity index (χ0n) is 13.1. The molecule has 0 aliphatic carbocycles. The van der Waals surface area contributed by atoms with Crippen LogP contribution in [0.5, 0.6) is 0 Å². The van der Waals surface area contributed by atoms with Crippen molar-refractivity contribution in [1.82, 2.24) is 0 Å². The Labute approximate surface area is 105 Å². The van der Waals surface area contributed by atoms with Crippen LogP contribution in [-0.2, 0) is 0 Å². The third kappa shape index (κ3) is 14.0. The van der Waals surface area contributed by atoms with E-state index in [1.54, 1.807) is 0 Å². The molecule has 0 fully saturated rings. The summed E-state index contributed by atoms with van der Waals surface area (Å²) < 4.78 is 0. The van der Waals surface area contributed by atoms with Crippen LogP contribution in [0.1, 0.15) is 81.1 Å². The van der Waals surface area contributed by atoms with Gasteiger partial charge in [0.25, 0.3) is 0 Å². The second kappa shape index (κ2) is 11.5. The molecule has 0 amide bonds. The maximum atomic E-state index is 2.33. The molecule has 0 aliphatic rings. The van der Waals surface area contributed by atoms with E-state index in [9.17, 15) is 0 Å². The molecular formula is C16H36. The first kappa shape index (κ1) is 18.4. The first-order valence-corrected chi connectivity index (χ1v) is 7.34. The largest absolute Gasteiger partial charge is 0.0654 e. The third-order valence-electron chi connectivity index (χ3n) is 3.45. The van der Waals surface area contributed by atoms with E-state index in [4.69, 9.17) is 0 Å². The highest BCUT2D eigenvalue weighted by molar-refractivity contribution is 4.54. The topological polar surface area (TPSA) is 0 Å². The van der Waals surface area contributed by atoms with Gasteiger partial charge in [-0.2, -0.15) is 0 Å². The molecule has 0 aromatic heterocycles. The van der Waals surface area contributed by atoms with E-state index in [1.165, 1.54) is 25.7 Å². The summed E-state index contributed by atoms with van der Waals surface area (Å²) in [4.78, 5) is 0. The molecule has 16 heavy (non-hydrogen) atoms. The molecule has 0 bridgehead atoms. The minimum absolute atomic E-state index is 0.870. The van der Waals surface area contributed by atoms with Crippen molar-refractivity contribution in [3.63, 3.8) is 0 Å². The highest BCUT2D eigenvalue weighted by Crippen LogP contribution is 2.14. The molecule has 0 aliphatic heterocycles. The van der Waals surface area contributed by atoms with Crippen molar-refractivity contribution < 1.29 is 0 Å². The predicted octanol–water partition coefficient (Wildman–Crippen LogP) is 6.16. The Morgan fingerprint density at radius 3 is 1.44 bits per heavy atom. The van der Waals surface area contributed by atoms with E-state index in [0.29, 0.717) is 0 Å². The molecular weight excluding hydrogens is 192 g/mol. The quantitative estimate of drug-likeness (QED) is 0.511. The summed E-state index contributed by atoms with van der Waals surface area (Å²) in [6, 6.07) is 0. The molecule has 0 aromatic rings. The van der Waals surface area contributed by atoms with Crippen LogP contribution < -0.4 is 0 Å². The standard InChI is InChI=1S/2C8H18/c1-5-8(4)6-7(2)3;1-5-6-8(4)7(2)3/h2*7-8H,5-6H2,1-4H3. The van der Waals surface area contributed by atoms with Crippen molar-refractivity contribution in [3.05, 3.63) is 0 Å². The van der Waals surface area contributed by atoms with Gasteiger partial charge in [-0.3, -0.25) is 0 Å². The van der Waals surface area contributed by atoms with E-state index < -0.39 is 0 Å². The summed E-state index contributed by atoms with van der Waals surface area (Å²) in [7, 11) is 0. The lowest BCUT2D eigenvalue weighted by atomic mass is 9.94. The van der Waals surface area contributed by atoms with E-state index in [-0.39, 0.29) is 0 Å². The van der Waals surface area contributed by atoms with Crippen molar-refractivity contribution in [1.29, 1.82) is 0 Å². The molecule has 0 heteroatoms. The molecule has 0 saturated heterocycles. The second-order valence-corrected chi connectivity index (χ2v) is 6.15. The van der Waals surface area contributed by atoms with Crippen molar-refractivity contribution in [2.24, 2.45) is 23.7 Å². The lowest BCUT2D eigenvalue weighted by Gasteiger charge is -2.12. The third-order valence-corrected chi connectivity index (χ3v) is 3.45. The number of rotatable bonds is 6. The van der Waals surface area contributed by atoms with Gasteiger partial charge in [-0.15, -0.1) is 0 Å². The van der Waals surface area contributed by atoms with Crippen LogP contribution in [0.25, 0.3) is 0 Å². The lowest BCUT2D eigenvalue weighted by Crippen LogP contribution is -2.02. The molecule has 0 saturated carbocycles. The summed E-state index contributed by atoms with van der Waals surface area (Å²) >= 11 is 0. The van der Waals surface area contributed by atoms with Gasteiger partial charge in [0, 0.05) is 0 Å². The van der Waals surface area contributed by atoms with Crippen LogP contribution in [0.3, 0.4) is 0 Å². The van der Waals surface area contributed by atoms with Crippen LogP contribution >= 0.6 is 0 Å². The monoisotopic (exact) mass is 228 g/mol. The van der Waals surface area contributed by atoms with Crippen LogP contribution in [0.15, 0.2) is 0 Å². The van der Waals surface area contributed by atoms with E-state index in [2.05, 4.69) is 55.4 Å². The molecule has 0 nitrogen and oxygen atoms in total. The van der Waals surface area contributed by atoms with Crippen LogP contribution in [0.4, 0.5) is 0 Å². The Morgan fingerprint density at radius 2 is 1.31 bits per heavy atom. The van der Waals surface area contributed by atoms with Gasteiger partial charge in [0.05, 0.1) is 0 Å². The first-order chi connectivity index (χ1) is 7.34. The molecule has 2 atom stereocenters. The molecule has 0 aromatic carbocycles. The van der Waals surface area contributed by atoms with Gasteiger partial charge in [-0.1, -0.05) is 74.7 Å². The summed E-state index contributed by atoms with van der Waals surface area (Å²) in [5, 5.41) is 0. The average Bonchev–Trinajstić information content (AvgIpc) is 2.18. The second-order valence-electron chi connectivity index (χ2n) is 6.15. The smallest absolute Gasteiger partial charge is 0.0420 e. The van der Waals surface area contributed by atoms with Crippen LogP contribution in [0.2, 0.25) is 0 Å². The molecule has 0 radical (unpaired) electrons. The first-order valence-electron chi connectivity index (χ1n) is 7.34. The zero-order chi connectivity index (χ0) is 13.1. The van der Waals surface area contributed by atoms with Crippen molar-refractivity contribution >= 4 is 0 Å². The molecule has 100 valence electrons. The van der Waals surface area contributed by atoms with E-state index in [0.717, 1.165) is 23.7 Å². The van der Waals surface area contributed by atoms with Crippen molar-refractivity contribution in [2.45, 2.75) is 81.1 Å². The fraction of sp³-hybridized carbons (Fsp3) is 1.00. The van der Waals surface area contributed by atoms with Gasteiger partial charge in [0.2, 0.25) is 0 Å². The Morgan fingerprint density at radius 1 is 0.812 bits per heavy atom. The Hall–Kier alpha value is 0. The minimum Gasteiger partial charge on any atom is -0.0654 e. The van der Waals surface area contributed by atoms with Gasteiger partial charge in [-0.05, 0) is 30.1 Å². The molecule has 0 rings (SSSR count). The highest BCUT2D eigenvalue weighted by atomic mass is 14.1. The van der Waals surface area contributed by atoms with E-state index in [1.807, 2.05) is 0 Å². The van der Waals surface area contributed by atoms with E-state index >= 15 is 0 Å². The van der Waals surface area contributed by atoms with Gasteiger partial charge in [-0.25, -0.2) is 0 Å². The summed E-state index contributed by atoms with van der Waals surface area (Å²) in [6.45, 7) is 18.3. The normalized spacial score (nSPS) is 14.6. The van der Waals surface area contributed by atoms with Crippen LogP contribution in [0, 0.1) is 23.7 Å². The summed E-state index contributed by atoms with van der Waals surface area (Å²) in [5.41, 5.74) is 0. The molecule has 0 N–H and O–H groups in total. The minimum atomic E-state index is 0.870. The molecule has 2 unspecified atom stereocenters. The summed E-state index contributed by atoms with van der Waals surface area (Å²) in [5.74, 6) is 3.59. The van der Waals surface area contributed by atoms with Crippen LogP contribution in [-0.4, -0.2) is 0 Å². The molecule has 0 spiro atoms. The Bertz CT molecular complexity index is 124. The average molecular weight is 228 g/mol. The Balaban J connectivity index is 0. The number of hydrogen-bond acceptors (Lipinski definition) is 0. The number of hydrogen-bond donors (Lipinski definition) is 0. The molecule has 0 heterocycles. The van der Waals surface area contributed by atoms with Gasteiger partial charge in [0.1, 0.15) is 0 Å². The maximum absolute atomic E-state index is 2.33. The van der Waals surface area contributed by atoms with Gasteiger partial charge in [0.15, 0.2) is 0 Å². The lowest BCUT2D eigenvalue weighted by molar-refractivity contribution is 0.389. The van der Waals surface area contributed by atoms with Crippen molar-refractivity contribution in [3.8, 4) is 0 Å². The Kier molecular flexibility index (Phi) is 13.2. The van der Waals surface area contributed by atoms with Crippen molar-refractivity contribution in [2.75, 3.05) is 0 Å². The fourth-order valence-electron chi connectivity index (χ4n) is 1.76. The predicted molar refractivity (Wildman–Crippen MR) is 77.8 cm³/mol. The van der Waals surface area contributed by atoms with Gasteiger partial charge < -0.3 is 0 Å². The van der Waals surface area contributed by atoms with Gasteiger partial charge >= 0.3 is 0 Å². The summed E-state index contributed by atoms with van der Waals surface area (Å²) in [6.07, 6.45) is 5.44. The fourth-order valence-corrected chi connectivity index (χ4v) is 1.76. The SMILES string of the molecule is CCC(C)CC(C)C.CCCC(C)C(C)C. The maximum Gasteiger partial charge on any atom is -0.0420 e. The highest BCUT2D eigenvalue weighted by Gasteiger charge is 2.03.